The first-order chi connectivity index (χ1) is 4.06. The van der Waals surface area contributed by atoms with E-state index < -0.39 is 0 Å². The second-order valence-corrected chi connectivity index (χ2v) is 4.38. The van der Waals surface area contributed by atoms with Gasteiger partial charge in [0.05, 0.1) is 0 Å². The van der Waals surface area contributed by atoms with E-state index in [1.165, 1.54) is 19.3 Å². The van der Waals surface area contributed by atoms with E-state index in [1.807, 2.05) is 0 Å². The lowest BCUT2D eigenvalue weighted by Crippen LogP contribution is -2.30. The van der Waals surface area contributed by atoms with Crippen molar-refractivity contribution in [2.24, 2.45) is 17.1 Å². The highest BCUT2D eigenvalue weighted by Crippen LogP contribution is 2.63. The molecule has 52 valence electrons. The predicted octanol–water partition coefficient (Wildman–Crippen LogP) is 1.52. The molecule has 0 heterocycles. The zero-order valence-corrected chi connectivity index (χ0v) is 6.28. The number of rotatable bonds is 1. The van der Waals surface area contributed by atoms with Crippen molar-refractivity contribution >= 4 is 0 Å². The largest absolute Gasteiger partial charge is 0.324 e. The Hall–Kier alpha value is -0.0400. The van der Waals surface area contributed by atoms with E-state index in [4.69, 9.17) is 5.73 Å². The number of nitrogens with two attached hydrogens (primary N) is 1. The maximum Gasteiger partial charge on any atom is 0.0241 e. The summed E-state index contributed by atoms with van der Waals surface area (Å²) in [4.78, 5) is 0. The van der Waals surface area contributed by atoms with Crippen molar-refractivity contribution in [2.45, 2.75) is 38.6 Å². The molecule has 0 bridgehead atoms. The fourth-order valence-electron chi connectivity index (χ4n) is 1.98. The Kier molecular flexibility index (Phi) is 0.760. The highest BCUT2D eigenvalue weighted by molar-refractivity contribution is 5.21. The maximum absolute atomic E-state index is 6.13. The fraction of sp³-hybridized carbons (Fsp3) is 1.00. The average molecular weight is 125 g/mol. The quantitative estimate of drug-likeness (QED) is 0.565. The van der Waals surface area contributed by atoms with E-state index in [0.29, 0.717) is 5.41 Å². The molecule has 9 heavy (non-hydrogen) atoms. The van der Waals surface area contributed by atoms with E-state index in [9.17, 15) is 0 Å². The van der Waals surface area contributed by atoms with Crippen LogP contribution in [0.15, 0.2) is 0 Å². The van der Waals surface area contributed by atoms with E-state index in [2.05, 4.69) is 13.8 Å². The van der Waals surface area contributed by atoms with Gasteiger partial charge in [0, 0.05) is 5.54 Å². The first-order valence-corrected chi connectivity index (χ1v) is 3.85. The summed E-state index contributed by atoms with van der Waals surface area (Å²) in [5, 5.41) is 0. The van der Waals surface area contributed by atoms with Crippen molar-refractivity contribution in [3.05, 3.63) is 0 Å². The standard InChI is InChI=1S/C8H15N/c1-7(2)5-8(7,9)6-3-4-6/h6H,3-5,9H2,1-2H3. The molecule has 0 aromatic rings. The van der Waals surface area contributed by atoms with Crippen LogP contribution in [0, 0.1) is 11.3 Å². The van der Waals surface area contributed by atoms with Crippen molar-refractivity contribution in [1.29, 1.82) is 0 Å². The van der Waals surface area contributed by atoms with Crippen molar-refractivity contribution in [3.8, 4) is 0 Å². The third kappa shape index (κ3) is 0.586. The second-order valence-electron chi connectivity index (χ2n) is 4.38. The molecule has 1 unspecified atom stereocenters. The summed E-state index contributed by atoms with van der Waals surface area (Å²) < 4.78 is 0. The molecule has 0 aliphatic heterocycles. The van der Waals surface area contributed by atoms with Gasteiger partial charge in [0.25, 0.3) is 0 Å². The first-order valence-electron chi connectivity index (χ1n) is 3.85. The van der Waals surface area contributed by atoms with E-state index in [-0.39, 0.29) is 5.54 Å². The summed E-state index contributed by atoms with van der Waals surface area (Å²) >= 11 is 0. The Morgan fingerprint density at radius 3 is 1.89 bits per heavy atom. The highest BCUT2D eigenvalue weighted by atomic mass is 14.9. The minimum Gasteiger partial charge on any atom is -0.324 e. The molecule has 2 N–H and O–H groups in total. The van der Waals surface area contributed by atoms with E-state index in [0.717, 1.165) is 5.92 Å². The van der Waals surface area contributed by atoms with Crippen LogP contribution in [0.5, 0.6) is 0 Å². The van der Waals surface area contributed by atoms with Gasteiger partial charge in [0.2, 0.25) is 0 Å². The van der Waals surface area contributed by atoms with Gasteiger partial charge in [-0.2, -0.15) is 0 Å². The third-order valence-electron chi connectivity index (χ3n) is 3.18. The molecule has 1 nitrogen and oxygen atoms in total. The van der Waals surface area contributed by atoms with Gasteiger partial charge < -0.3 is 5.73 Å². The van der Waals surface area contributed by atoms with Crippen molar-refractivity contribution in [3.63, 3.8) is 0 Å². The van der Waals surface area contributed by atoms with Gasteiger partial charge in [-0.1, -0.05) is 13.8 Å². The molecule has 1 atom stereocenters. The third-order valence-corrected chi connectivity index (χ3v) is 3.18. The van der Waals surface area contributed by atoms with Gasteiger partial charge in [0.1, 0.15) is 0 Å². The SMILES string of the molecule is CC1(C)CC1(N)C1CC1. The van der Waals surface area contributed by atoms with Crippen LogP contribution in [0.4, 0.5) is 0 Å². The Labute approximate surface area is 56.6 Å². The molecule has 0 aromatic carbocycles. The summed E-state index contributed by atoms with van der Waals surface area (Å²) in [6.07, 6.45) is 4.03. The summed E-state index contributed by atoms with van der Waals surface area (Å²) in [5.74, 6) is 0.882. The number of hydrogen-bond donors (Lipinski definition) is 1. The van der Waals surface area contributed by atoms with Crippen molar-refractivity contribution < 1.29 is 0 Å². The molecule has 0 saturated heterocycles. The van der Waals surface area contributed by atoms with Crippen LogP contribution >= 0.6 is 0 Å². The Bertz CT molecular complexity index is 147. The lowest BCUT2D eigenvalue weighted by Gasteiger charge is -2.12. The van der Waals surface area contributed by atoms with Gasteiger partial charge in [-0.15, -0.1) is 0 Å². The lowest BCUT2D eigenvalue weighted by molar-refractivity contribution is 0.447. The minimum atomic E-state index is 0.257. The molecule has 2 saturated carbocycles. The van der Waals surface area contributed by atoms with Crippen LogP contribution in [0.25, 0.3) is 0 Å². The molecule has 0 radical (unpaired) electrons. The maximum atomic E-state index is 6.13. The summed E-state index contributed by atoms with van der Waals surface area (Å²) in [7, 11) is 0. The zero-order chi connectivity index (χ0) is 6.70. The van der Waals surface area contributed by atoms with Gasteiger partial charge >= 0.3 is 0 Å². The van der Waals surface area contributed by atoms with Gasteiger partial charge in [0.15, 0.2) is 0 Å². The predicted molar refractivity (Wildman–Crippen MR) is 38.0 cm³/mol. The summed E-state index contributed by atoms with van der Waals surface area (Å²) in [5.41, 5.74) is 6.85. The van der Waals surface area contributed by atoms with Crippen LogP contribution in [0.1, 0.15) is 33.1 Å². The lowest BCUT2D eigenvalue weighted by atomic mass is 10.0. The van der Waals surface area contributed by atoms with Crippen molar-refractivity contribution in [1.82, 2.24) is 0 Å². The molecule has 2 aliphatic rings. The molecular weight excluding hydrogens is 110 g/mol. The van der Waals surface area contributed by atoms with Crippen LogP contribution in [0.3, 0.4) is 0 Å². The normalized spacial score (nSPS) is 47.0. The Morgan fingerprint density at radius 1 is 1.33 bits per heavy atom. The molecular formula is C8H15N. The average Bonchev–Trinajstić information content (AvgIpc) is 2.45. The van der Waals surface area contributed by atoms with Crippen LogP contribution in [-0.2, 0) is 0 Å². The smallest absolute Gasteiger partial charge is 0.0241 e. The molecule has 0 aromatic heterocycles. The zero-order valence-electron chi connectivity index (χ0n) is 6.28. The Morgan fingerprint density at radius 2 is 1.78 bits per heavy atom. The van der Waals surface area contributed by atoms with Crippen LogP contribution in [-0.4, -0.2) is 5.54 Å². The molecule has 0 spiro atoms. The van der Waals surface area contributed by atoms with Crippen LogP contribution < -0.4 is 5.73 Å². The summed E-state index contributed by atoms with van der Waals surface area (Å²) in [6.45, 7) is 4.57. The molecule has 2 aliphatic carbocycles. The Balaban J connectivity index is 2.11. The molecule has 1 heteroatoms. The first kappa shape index (κ1) is 5.72. The molecule has 2 rings (SSSR count). The van der Waals surface area contributed by atoms with Gasteiger partial charge in [-0.3, -0.25) is 0 Å². The van der Waals surface area contributed by atoms with Crippen LogP contribution in [0.2, 0.25) is 0 Å². The highest BCUT2D eigenvalue weighted by Gasteiger charge is 2.64. The fourth-order valence-corrected chi connectivity index (χ4v) is 1.98. The van der Waals surface area contributed by atoms with E-state index >= 15 is 0 Å². The summed E-state index contributed by atoms with van der Waals surface area (Å²) in [6, 6.07) is 0. The topological polar surface area (TPSA) is 26.0 Å². The van der Waals surface area contributed by atoms with Gasteiger partial charge in [-0.25, -0.2) is 0 Å². The minimum absolute atomic E-state index is 0.257. The van der Waals surface area contributed by atoms with Gasteiger partial charge in [-0.05, 0) is 30.6 Å². The number of hydrogen-bond acceptors (Lipinski definition) is 1. The molecule has 0 amide bonds. The van der Waals surface area contributed by atoms with Crippen molar-refractivity contribution in [2.75, 3.05) is 0 Å². The molecule has 2 fully saturated rings. The monoisotopic (exact) mass is 125 g/mol. The second kappa shape index (κ2) is 1.20. The van der Waals surface area contributed by atoms with E-state index in [1.54, 1.807) is 0 Å².